The summed E-state index contributed by atoms with van der Waals surface area (Å²) < 4.78 is 11.3. The molecule has 1 aliphatic rings. The second-order valence-electron chi connectivity index (χ2n) is 7.54. The molecule has 1 fully saturated rings. The van der Waals surface area contributed by atoms with E-state index in [4.69, 9.17) is 9.15 Å². The fraction of sp³-hybridized carbons (Fsp3) is 0.333. The molecule has 3 aromatic rings. The highest BCUT2D eigenvalue weighted by Gasteiger charge is 2.20. The summed E-state index contributed by atoms with van der Waals surface area (Å²) in [6.45, 7) is 5.62. The molecule has 0 aliphatic carbocycles. The van der Waals surface area contributed by atoms with E-state index in [2.05, 4.69) is 22.0 Å². The van der Waals surface area contributed by atoms with Crippen molar-refractivity contribution < 1.29 is 13.9 Å². The number of hydrogen-bond donors (Lipinski definition) is 0. The van der Waals surface area contributed by atoms with Gasteiger partial charge in [0.05, 0.1) is 25.3 Å². The molecule has 0 bridgehead atoms. The summed E-state index contributed by atoms with van der Waals surface area (Å²) >= 11 is 0. The van der Waals surface area contributed by atoms with Crippen molar-refractivity contribution in [2.24, 2.45) is 0 Å². The summed E-state index contributed by atoms with van der Waals surface area (Å²) in [6, 6.07) is 18.0. The Balaban J connectivity index is 1.45. The maximum absolute atomic E-state index is 12.9. The lowest BCUT2D eigenvalue weighted by atomic mass is 10.1. The summed E-state index contributed by atoms with van der Waals surface area (Å²) in [7, 11) is 1.84. The third kappa shape index (κ3) is 4.54. The molecule has 6 heteroatoms. The van der Waals surface area contributed by atoms with Crippen molar-refractivity contribution in [2.45, 2.75) is 19.9 Å². The smallest absolute Gasteiger partial charge is 0.228 e. The number of likely N-dealkylation sites (N-methyl/N-ethyl adjacent to an activating group) is 1. The number of rotatable bonds is 6. The Labute approximate surface area is 177 Å². The quantitative estimate of drug-likeness (QED) is 0.626. The first-order valence-electron chi connectivity index (χ1n) is 10.3. The van der Waals surface area contributed by atoms with Crippen molar-refractivity contribution in [1.82, 2.24) is 9.88 Å². The van der Waals surface area contributed by atoms with E-state index in [1.807, 2.05) is 56.4 Å². The van der Waals surface area contributed by atoms with Crippen LogP contribution in [0.4, 0.5) is 5.69 Å². The standard InChI is InChI=1S/C24H27N3O3/c1-18-21(25-24(30-18)19-8-4-3-5-9-19)16-23(28)26(2)17-20-10-6-7-11-22(20)27-12-14-29-15-13-27/h3-11H,12-17H2,1-2H3. The van der Waals surface area contributed by atoms with Crippen molar-refractivity contribution in [3.63, 3.8) is 0 Å². The molecule has 4 rings (SSSR count). The molecule has 1 aliphatic heterocycles. The first-order valence-corrected chi connectivity index (χ1v) is 10.3. The van der Waals surface area contributed by atoms with Gasteiger partial charge in [-0.25, -0.2) is 4.98 Å². The number of benzene rings is 2. The molecule has 2 aromatic carbocycles. The van der Waals surface area contributed by atoms with Crippen LogP contribution in [-0.2, 0) is 22.5 Å². The van der Waals surface area contributed by atoms with Crippen LogP contribution < -0.4 is 4.90 Å². The average molecular weight is 405 g/mol. The number of para-hydroxylation sites is 1. The van der Waals surface area contributed by atoms with Gasteiger partial charge in [0.25, 0.3) is 0 Å². The van der Waals surface area contributed by atoms with E-state index in [0.29, 0.717) is 23.9 Å². The largest absolute Gasteiger partial charge is 0.441 e. The fourth-order valence-electron chi connectivity index (χ4n) is 3.68. The highest BCUT2D eigenvalue weighted by molar-refractivity contribution is 5.78. The average Bonchev–Trinajstić information content (AvgIpc) is 3.15. The number of nitrogens with zero attached hydrogens (tertiary/aromatic N) is 3. The minimum atomic E-state index is 0.0165. The van der Waals surface area contributed by atoms with Crippen LogP contribution in [0.2, 0.25) is 0 Å². The number of aryl methyl sites for hydroxylation is 1. The first-order chi connectivity index (χ1) is 14.6. The number of amides is 1. The number of anilines is 1. The van der Waals surface area contributed by atoms with Crippen LogP contribution in [0.15, 0.2) is 59.0 Å². The van der Waals surface area contributed by atoms with Crippen molar-refractivity contribution in [1.29, 1.82) is 0 Å². The Morgan fingerprint density at radius 1 is 1.07 bits per heavy atom. The molecule has 0 N–H and O–H groups in total. The van der Waals surface area contributed by atoms with Gasteiger partial charge in [-0.2, -0.15) is 0 Å². The zero-order valence-electron chi connectivity index (χ0n) is 17.5. The van der Waals surface area contributed by atoms with Crippen LogP contribution in [0.5, 0.6) is 0 Å². The van der Waals surface area contributed by atoms with E-state index >= 15 is 0 Å². The van der Waals surface area contributed by atoms with Gasteiger partial charge >= 0.3 is 0 Å². The van der Waals surface area contributed by atoms with Gasteiger partial charge in [-0.15, -0.1) is 0 Å². The van der Waals surface area contributed by atoms with Gasteiger partial charge in [0.2, 0.25) is 11.8 Å². The Bertz CT molecular complexity index is 994. The van der Waals surface area contributed by atoms with Gasteiger partial charge in [-0.1, -0.05) is 36.4 Å². The number of hydrogen-bond acceptors (Lipinski definition) is 5. The Hall–Kier alpha value is -3.12. The van der Waals surface area contributed by atoms with Gasteiger partial charge in [0.15, 0.2) is 0 Å². The Morgan fingerprint density at radius 3 is 2.53 bits per heavy atom. The van der Waals surface area contributed by atoms with E-state index in [1.54, 1.807) is 4.90 Å². The molecule has 1 aromatic heterocycles. The molecule has 2 heterocycles. The molecule has 0 radical (unpaired) electrons. The normalized spacial score (nSPS) is 14.0. The number of carbonyl (C=O) groups is 1. The number of morpholine rings is 1. The van der Waals surface area contributed by atoms with Crippen LogP contribution in [0.25, 0.3) is 11.5 Å². The lowest BCUT2D eigenvalue weighted by Crippen LogP contribution is -2.37. The van der Waals surface area contributed by atoms with Crippen molar-refractivity contribution in [3.8, 4) is 11.5 Å². The molecule has 30 heavy (non-hydrogen) atoms. The summed E-state index contributed by atoms with van der Waals surface area (Å²) in [6.07, 6.45) is 0.221. The van der Waals surface area contributed by atoms with Crippen LogP contribution in [0.1, 0.15) is 17.0 Å². The molecule has 0 atom stereocenters. The van der Waals surface area contributed by atoms with Crippen LogP contribution in [0, 0.1) is 6.92 Å². The fourth-order valence-corrected chi connectivity index (χ4v) is 3.68. The molecule has 0 spiro atoms. The zero-order valence-corrected chi connectivity index (χ0v) is 17.5. The predicted molar refractivity (Wildman–Crippen MR) is 116 cm³/mol. The number of carbonyl (C=O) groups excluding carboxylic acids is 1. The van der Waals surface area contributed by atoms with Crippen LogP contribution in [-0.4, -0.2) is 49.1 Å². The topological polar surface area (TPSA) is 58.8 Å². The van der Waals surface area contributed by atoms with Crippen molar-refractivity contribution >= 4 is 11.6 Å². The first kappa shape index (κ1) is 20.2. The Morgan fingerprint density at radius 2 is 1.77 bits per heavy atom. The van der Waals surface area contributed by atoms with E-state index in [-0.39, 0.29) is 12.3 Å². The molecule has 1 amide bonds. The second kappa shape index (κ2) is 9.13. The minimum absolute atomic E-state index is 0.0165. The SMILES string of the molecule is Cc1oc(-c2ccccc2)nc1CC(=O)N(C)Cc1ccccc1N1CCOCC1. The molecule has 0 saturated carbocycles. The van der Waals surface area contributed by atoms with Gasteiger partial charge < -0.3 is 19.0 Å². The molecule has 0 unspecified atom stereocenters. The Kier molecular flexibility index (Phi) is 6.14. The van der Waals surface area contributed by atoms with Gasteiger partial charge in [-0.3, -0.25) is 4.79 Å². The molecular formula is C24H27N3O3. The summed E-state index contributed by atoms with van der Waals surface area (Å²) in [5.41, 5.74) is 3.90. The zero-order chi connectivity index (χ0) is 20.9. The van der Waals surface area contributed by atoms with Crippen LogP contribution >= 0.6 is 0 Å². The second-order valence-corrected chi connectivity index (χ2v) is 7.54. The summed E-state index contributed by atoms with van der Waals surface area (Å²) in [5, 5.41) is 0. The van der Waals surface area contributed by atoms with E-state index in [1.165, 1.54) is 5.69 Å². The summed E-state index contributed by atoms with van der Waals surface area (Å²) in [5.74, 6) is 1.25. The van der Waals surface area contributed by atoms with E-state index in [0.717, 1.165) is 37.4 Å². The molecule has 6 nitrogen and oxygen atoms in total. The van der Waals surface area contributed by atoms with E-state index < -0.39 is 0 Å². The molecular weight excluding hydrogens is 378 g/mol. The highest BCUT2D eigenvalue weighted by atomic mass is 16.5. The van der Waals surface area contributed by atoms with Crippen molar-refractivity contribution in [2.75, 3.05) is 38.3 Å². The summed E-state index contributed by atoms with van der Waals surface area (Å²) in [4.78, 5) is 21.6. The monoisotopic (exact) mass is 405 g/mol. The third-order valence-corrected chi connectivity index (χ3v) is 5.41. The lowest BCUT2D eigenvalue weighted by Gasteiger charge is -2.31. The van der Waals surface area contributed by atoms with E-state index in [9.17, 15) is 4.79 Å². The lowest BCUT2D eigenvalue weighted by molar-refractivity contribution is -0.129. The maximum atomic E-state index is 12.9. The molecule has 156 valence electrons. The van der Waals surface area contributed by atoms with Gasteiger partial charge in [0, 0.05) is 37.9 Å². The number of oxazole rings is 1. The van der Waals surface area contributed by atoms with Gasteiger partial charge in [-0.05, 0) is 30.7 Å². The maximum Gasteiger partial charge on any atom is 0.228 e. The number of ether oxygens (including phenoxy) is 1. The number of aromatic nitrogens is 1. The van der Waals surface area contributed by atoms with Crippen LogP contribution in [0.3, 0.4) is 0 Å². The minimum Gasteiger partial charge on any atom is -0.441 e. The predicted octanol–water partition coefficient (Wildman–Crippen LogP) is 3.69. The van der Waals surface area contributed by atoms with Crippen molar-refractivity contribution in [3.05, 3.63) is 71.6 Å². The third-order valence-electron chi connectivity index (χ3n) is 5.41. The highest BCUT2D eigenvalue weighted by Crippen LogP contribution is 2.24. The molecule has 1 saturated heterocycles. The van der Waals surface area contributed by atoms with Gasteiger partial charge in [0.1, 0.15) is 5.76 Å².